The van der Waals surface area contributed by atoms with E-state index in [-0.39, 0.29) is 0 Å². The summed E-state index contributed by atoms with van der Waals surface area (Å²) in [5.74, 6) is -1.85. The maximum Gasteiger partial charge on any atom is 0.400 e. The summed E-state index contributed by atoms with van der Waals surface area (Å²) in [6, 6.07) is 0. The first-order valence-electron chi connectivity index (χ1n) is 2.11. The molecule has 0 amide bonds. The Kier molecular flexibility index (Phi) is 2.18. The van der Waals surface area contributed by atoms with Crippen molar-refractivity contribution in [3.63, 3.8) is 0 Å². The Hall–Kier alpha value is -0.170. The molecule has 0 rings (SSSR count). The zero-order valence-electron chi connectivity index (χ0n) is 5.03. The van der Waals surface area contributed by atoms with Crippen LogP contribution in [0.15, 0.2) is 0 Å². The van der Waals surface area contributed by atoms with Crippen LogP contribution in [0.1, 0.15) is 13.8 Å². The molecular formula is C3H8O5S. The summed E-state index contributed by atoms with van der Waals surface area (Å²) in [6.07, 6.45) is 0. The third-order valence-electron chi connectivity index (χ3n) is 0.309. The van der Waals surface area contributed by atoms with Crippen molar-refractivity contribution < 1.29 is 22.3 Å². The van der Waals surface area contributed by atoms with Crippen molar-refractivity contribution in [3.05, 3.63) is 0 Å². The van der Waals surface area contributed by atoms with Crippen molar-refractivity contribution in [2.45, 2.75) is 19.6 Å². The van der Waals surface area contributed by atoms with E-state index in [0.29, 0.717) is 0 Å². The van der Waals surface area contributed by atoms with Crippen LogP contribution in [-0.2, 0) is 14.6 Å². The van der Waals surface area contributed by atoms with Gasteiger partial charge >= 0.3 is 10.4 Å². The van der Waals surface area contributed by atoms with Crippen LogP contribution in [-0.4, -0.2) is 23.9 Å². The second-order valence-corrected chi connectivity index (χ2v) is 2.98. The van der Waals surface area contributed by atoms with Gasteiger partial charge in [0.05, 0.1) is 0 Å². The Morgan fingerprint density at radius 2 is 1.78 bits per heavy atom. The molecule has 6 heteroatoms. The van der Waals surface area contributed by atoms with E-state index in [1.54, 1.807) is 0 Å². The summed E-state index contributed by atoms with van der Waals surface area (Å²) in [5.41, 5.74) is 0. The number of hydrogen-bond donors (Lipinski definition) is 2. The first-order valence-corrected chi connectivity index (χ1v) is 3.48. The third-order valence-corrected chi connectivity index (χ3v) is 0.928. The highest BCUT2D eigenvalue weighted by atomic mass is 32.3. The van der Waals surface area contributed by atoms with Gasteiger partial charge in [0.25, 0.3) is 0 Å². The van der Waals surface area contributed by atoms with Crippen molar-refractivity contribution in [2.75, 3.05) is 0 Å². The molecule has 0 bridgehead atoms. The summed E-state index contributed by atoms with van der Waals surface area (Å²) in [6.45, 7) is 2.17. The van der Waals surface area contributed by atoms with Crippen LogP contribution < -0.4 is 0 Å². The number of rotatable bonds is 2. The normalized spacial score (nSPS) is 13.8. The Labute approximate surface area is 53.2 Å². The fourth-order valence-corrected chi connectivity index (χ4v) is 0.773. The molecule has 0 atom stereocenters. The van der Waals surface area contributed by atoms with E-state index >= 15 is 0 Å². The minimum atomic E-state index is -4.53. The molecule has 0 aromatic rings. The van der Waals surface area contributed by atoms with E-state index in [9.17, 15) is 8.42 Å². The Balaban J connectivity index is 4.07. The zero-order chi connectivity index (χ0) is 7.71. The van der Waals surface area contributed by atoms with Gasteiger partial charge in [0, 0.05) is 0 Å². The van der Waals surface area contributed by atoms with E-state index < -0.39 is 16.2 Å². The molecule has 9 heavy (non-hydrogen) atoms. The average Bonchev–Trinajstić information content (AvgIpc) is 1.14. The van der Waals surface area contributed by atoms with Gasteiger partial charge in [-0.25, -0.2) is 4.18 Å². The Morgan fingerprint density at radius 1 is 1.44 bits per heavy atom. The van der Waals surface area contributed by atoms with E-state index in [1.165, 1.54) is 0 Å². The van der Waals surface area contributed by atoms with Crippen LogP contribution in [0.2, 0.25) is 0 Å². The summed E-state index contributed by atoms with van der Waals surface area (Å²) in [5, 5.41) is 8.59. The highest BCUT2D eigenvalue weighted by molar-refractivity contribution is 7.80. The van der Waals surface area contributed by atoms with Crippen LogP contribution in [0, 0.1) is 0 Å². The number of aliphatic hydroxyl groups is 1. The highest BCUT2D eigenvalue weighted by Gasteiger charge is 2.20. The van der Waals surface area contributed by atoms with Gasteiger partial charge in [-0.2, -0.15) is 8.42 Å². The minimum absolute atomic E-state index is 1.08. The molecule has 0 aromatic heterocycles. The second-order valence-electron chi connectivity index (χ2n) is 1.96. The maximum atomic E-state index is 9.82. The van der Waals surface area contributed by atoms with Crippen LogP contribution in [0.4, 0.5) is 0 Å². The van der Waals surface area contributed by atoms with Gasteiger partial charge in [0.1, 0.15) is 0 Å². The van der Waals surface area contributed by atoms with Crippen molar-refractivity contribution >= 4 is 10.4 Å². The summed E-state index contributed by atoms with van der Waals surface area (Å²) >= 11 is 0. The molecule has 0 saturated heterocycles. The van der Waals surface area contributed by atoms with E-state index in [4.69, 9.17) is 9.66 Å². The van der Waals surface area contributed by atoms with Gasteiger partial charge in [-0.3, -0.25) is 4.55 Å². The standard InChI is InChI=1S/C3H8O5S/c1-3(2,4)8-9(5,6)7/h4H,1-2H3,(H,5,6,7). The van der Waals surface area contributed by atoms with Crippen LogP contribution in [0.25, 0.3) is 0 Å². The van der Waals surface area contributed by atoms with Crippen molar-refractivity contribution in [1.29, 1.82) is 0 Å². The molecule has 0 aliphatic carbocycles. The van der Waals surface area contributed by atoms with Gasteiger partial charge in [-0.05, 0) is 13.8 Å². The predicted molar refractivity (Wildman–Crippen MR) is 28.9 cm³/mol. The fourth-order valence-electron chi connectivity index (χ4n) is 0.258. The Bertz CT molecular complexity index is 173. The summed E-state index contributed by atoms with van der Waals surface area (Å²) < 4.78 is 31.3. The van der Waals surface area contributed by atoms with E-state index in [1.807, 2.05) is 0 Å². The highest BCUT2D eigenvalue weighted by Crippen LogP contribution is 2.05. The molecule has 0 aromatic carbocycles. The topological polar surface area (TPSA) is 83.8 Å². The van der Waals surface area contributed by atoms with Crippen LogP contribution in [0.3, 0.4) is 0 Å². The maximum absolute atomic E-state index is 9.82. The van der Waals surface area contributed by atoms with Gasteiger partial charge < -0.3 is 5.11 Å². The molecule has 0 radical (unpaired) electrons. The van der Waals surface area contributed by atoms with Gasteiger partial charge in [-0.15, -0.1) is 0 Å². The molecule has 5 nitrogen and oxygen atoms in total. The molecule has 0 unspecified atom stereocenters. The van der Waals surface area contributed by atoms with E-state index in [0.717, 1.165) is 13.8 Å². The first kappa shape index (κ1) is 8.83. The quantitative estimate of drug-likeness (QED) is 0.417. The second kappa shape index (κ2) is 2.22. The van der Waals surface area contributed by atoms with Gasteiger partial charge in [0.15, 0.2) is 5.79 Å². The first-order chi connectivity index (χ1) is 3.71. The molecule has 0 heterocycles. The fraction of sp³-hybridized carbons (Fsp3) is 1.00. The molecule has 0 aliphatic heterocycles. The zero-order valence-corrected chi connectivity index (χ0v) is 5.84. The minimum Gasteiger partial charge on any atom is -0.365 e. The lowest BCUT2D eigenvalue weighted by Gasteiger charge is -2.13. The van der Waals surface area contributed by atoms with Gasteiger partial charge in [0.2, 0.25) is 0 Å². The lowest BCUT2D eigenvalue weighted by atomic mass is 10.4. The number of hydrogen-bond acceptors (Lipinski definition) is 4. The van der Waals surface area contributed by atoms with E-state index in [2.05, 4.69) is 4.18 Å². The average molecular weight is 156 g/mol. The molecule has 2 N–H and O–H groups in total. The molecular weight excluding hydrogens is 148 g/mol. The SMILES string of the molecule is CC(C)(O)OS(=O)(=O)O. The van der Waals surface area contributed by atoms with Crippen LogP contribution in [0.5, 0.6) is 0 Å². The smallest absolute Gasteiger partial charge is 0.365 e. The van der Waals surface area contributed by atoms with Crippen molar-refractivity contribution in [2.24, 2.45) is 0 Å². The molecule has 0 fully saturated rings. The Morgan fingerprint density at radius 3 is 1.78 bits per heavy atom. The lowest BCUT2D eigenvalue weighted by molar-refractivity contribution is -0.105. The monoisotopic (exact) mass is 156 g/mol. The molecule has 0 saturated carbocycles. The van der Waals surface area contributed by atoms with Crippen molar-refractivity contribution in [1.82, 2.24) is 0 Å². The van der Waals surface area contributed by atoms with Crippen molar-refractivity contribution in [3.8, 4) is 0 Å². The summed E-state index contributed by atoms with van der Waals surface area (Å²) in [4.78, 5) is 0. The predicted octanol–water partition coefficient (Wildman–Crippen LogP) is -0.466. The third kappa shape index (κ3) is 7.83. The molecule has 56 valence electrons. The van der Waals surface area contributed by atoms with Gasteiger partial charge in [-0.1, -0.05) is 0 Å². The largest absolute Gasteiger partial charge is 0.400 e. The lowest BCUT2D eigenvalue weighted by Crippen LogP contribution is -2.26. The van der Waals surface area contributed by atoms with Crippen LogP contribution >= 0.6 is 0 Å². The molecule has 0 aliphatic rings. The molecule has 0 spiro atoms. The summed E-state index contributed by atoms with van der Waals surface area (Å²) in [7, 11) is -4.53.